The molecule has 0 spiro atoms. The zero-order valence-corrected chi connectivity index (χ0v) is 14.7. The summed E-state index contributed by atoms with van der Waals surface area (Å²) in [5, 5.41) is 0. The minimum absolute atomic E-state index is 0.367. The molecule has 3 rings (SSSR count). The topological polar surface area (TPSA) is 0 Å². The molecule has 0 heterocycles. The van der Waals surface area contributed by atoms with E-state index in [2.05, 4.69) is 6.92 Å². The molecular formula is C22H25F3. The van der Waals surface area contributed by atoms with Crippen molar-refractivity contribution in [3.63, 3.8) is 0 Å². The van der Waals surface area contributed by atoms with E-state index in [0.29, 0.717) is 17.0 Å². The van der Waals surface area contributed by atoms with E-state index in [1.165, 1.54) is 50.5 Å². The van der Waals surface area contributed by atoms with Crippen LogP contribution < -0.4 is 0 Å². The van der Waals surface area contributed by atoms with Gasteiger partial charge in [-0.1, -0.05) is 50.5 Å². The highest BCUT2D eigenvalue weighted by molar-refractivity contribution is 5.64. The Balaban J connectivity index is 1.67. The van der Waals surface area contributed by atoms with Gasteiger partial charge >= 0.3 is 0 Å². The minimum Gasteiger partial charge on any atom is -0.204 e. The lowest BCUT2D eigenvalue weighted by atomic mass is 9.77. The normalized spacial score (nSPS) is 20.6. The molecule has 1 fully saturated rings. The van der Waals surface area contributed by atoms with E-state index >= 15 is 0 Å². The predicted molar refractivity (Wildman–Crippen MR) is 96.0 cm³/mol. The van der Waals surface area contributed by atoms with E-state index in [0.717, 1.165) is 18.1 Å². The Morgan fingerprint density at radius 3 is 2.00 bits per heavy atom. The van der Waals surface area contributed by atoms with Gasteiger partial charge in [0.1, 0.15) is 0 Å². The van der Waals surface area contributed by atoms with E-state index in [1.807, 2.05) is 24.3 Å². The molecule has 2 aromatic rings. The lowest BCUT2D eigenvalue weighted by Crippen LogP contribution is -2.13. The van der Waals surface area contributed by atoms with Crippen molar-refractivity contribution in [3.8, 4) is 11.1 Å². The SMILES string of the molecule is CCCCC1CCC(c2ccc(-c3cc(F)c(F)c(F)c3)cc2)CC1. The smallest absolute Gasteiger partial charge is 0.194 e. The number of unbranched alkanes of at least 4 members (excludes halogenated alkanes) is 1. The van der Waals surface area contributed by atoms with Crippen molar-refractivity contribution in [1.82, 2.24) is 0 Å². The molecule has 0 bridgehead atoms. The van der Waals surface area contributed by atoms with Gasteiger partial charge in [0.25, 0.3) is 0 Å². The summed E-state index contributed by atoms with van der Waals surface area (Å²) in [5.41, 5.74) is 2.37. The van der Waals surface area contributed by atoms with Crippen LogP contribution in [0.1, 0.15) is 63.4 Å². The number of rotatable bonds is 5. The van der Waals surface area contributed by atoms with Crippen LogP contribution >= 0.6 is 0 Å². The summed E-state index contributed by atoms with van der Waals surface area (Å²) in [6.07, 6.45) is 8.97. The summed E-state index contributed by atoms with van der Waals surface area (Å²) in [6, 6.07) is 9.95. The fourth-order valence-corrected chi connectivity index (χ4v) is 3.95. The van der Waals surface area contributed by atoms with Gasteiger partial charge in [0.2, 0.25) is 0 Å². The largest absolute Gasteiger partial charge is 0.204 e. The van der Waals surface area contributed by atoms with Gasteiger partial charge in [-0.25, -0.2) is 13.2 Å². The van der Waals surface area contributed by atoms with Crippen molar-refractivity contribution < 1.29 is 13.2 Å². The Bertz CT molecular complexity index is 675. The van der Waals surface area contributed by atoms with Crippen LogP contribution in [-0.4, -0.2) is 0 Å². The first kappa shape index (κ1) is 18.0. The average molecular weight is 346 g/mol. The fraction of sp³-hybridized carbons (Fsp3) is 0.455. The van der Waals surface area contributed by atoms with Crippen LogP contribution in [0.15, 0.2) is 36.4 Å². The van der Waals surface area contributed by atoms with E-state index < -0.39 is 17.5 Å². The molecule has 2 aromatic carbocycles. The van der Waals surface area contributed by atoms with Gasteiger partial charge in [0.05, 0.1) is 0 Å². The summed E-state index contributed by atoms with van der Waals surface area (Å²) in [4.78, 5) is 0. The van der Waals surface area contributed by atoms with Gasteiger partial charge < -0.3 is 0 Å². The summed E-state index contributed by atoms with van der Waals surface area (Å²) in [5.74, 6) is -2.26. The second kappa shape index (κ2) is 8.07. The van der Waals surface area contributed by atoms with Crippen LogP contribution in [0.25, 0.3) is 11.1 Å². The van der Waals surface area contributed by atoms with Crippen molar-refractivity contribution in [1.29, 1.82) is 0 Å². The Labute approximate surface area is 148 Å². The molecule has 0 N–H and O–H groups in total. The summed E-state index contributed by atoms with van der Waals surface area (Å²) in [7, 11) is 0. The van der Waals surface area contributed by atoms with Crippen LogP contribution in [0, 0.1) is 23.4 Å². The molecule has 0 aliphatic heterocycles. The third kappa shape index (κ3) is 4.26. The van der Waals surface area contributed by atoms with Crippen molar-refractivity contribution >= 4 is 0 Å². The molecule has 1 saturated carbocycles. The summed E-state index contributed by atoms with van der Waals surface area (Å²) in [6.45, 7) is 2.24. The van der Waals surface area contributed by atoms with Gasteiger partial charge in [0, 0.05) is 0 Å². The monoisotopic (exact) mass is 346 g/mol. The molecule has 0 radical (unpaired) electrons. The van der Waals surface area contributed by atoms with Crippen molar-refractivity contribution in [2.24, 2.45) is 5.92 Å². The van der Waals surface area contributed by atoms with Gasteiger partial charge in [-0.3, -0.25) is 0 Å². The molecule has 1 aliphatic rings. The molecule has 0 unspecified atom stereocenters. The maximum absolute atomic E-state index is 13.4. The van der Waals surface area contributed by atoms with Gasteiger partial charge in [-0.05, 0) is 66.3 Å². The number of halogens is 3. The van der Waals surface area contributed by atoms with E-state index in [9.17, 15) is 13.2 Å². The first-order chi connectivity index (χ1) is 12.1. The molecule has 3 heteroatoms. The van der Waals surface area contributed by atoms with Crippen LogP contribution in [0.2, 0.25) is 0 Å². The molecule has 0 amide bonds. The Kier molecular flexibility index (Phi) is 5.82. The quantitative estimate of drug-likeness (QED) is 0.501. The second-order valence-electron chi connectivity index (χ2n) is 7.24. The van der Waals surface area contributed by atoms with E-state index in [4.69, 9.17) is 0 Å². The highest BCUT2D eigenvalue weighted by Crippen LogP contribution is 2.38. The molecule has 25 heavy (non-hydrogen) atoms. The first-order valence-corrected chi connectivity index (χ1v) is 9.33. The van der Waals surface area contributed by atoms with Gasteiger partial charge in [-0.15, -0.1) is 0 Å². The third-order valence-electron chi connectivity index (χ3n) is 5.51. The second-order valence-corrected chi connectivity index (χ2v) is 7.24. The van der Waals surface area contributed by atoms with Crippen molar-refractivity contribution in [2.75, 3.05) is 0 Å². The molecule has 0 atom stereocenters. The first-order valence-electron chi connectivity index (χ1n) is 9.33. The third-order valence-corrected chi connectivity index (χ3v) is 5.51. The predicted octanol–water partition coefficient (Wildman–Crippen LogP) is 7.23. The zero-order chi connectivity index (χ0) is 17.8. The lowest BCUT2D eigenvalue weighted by molar-refractivity contribution is 0.304. The summed E-state index contributed by atoms with van der Waals surface area (Å²) >= 11 is 0. The van der Waals surface area contributed by atoms with Crippen LogP contribution in [-0.2, 0) is 0 Å². The van der Waals surface area contributed by atoms with Crippen LogP contribution in [0.3, 0.4) is 0 Å². The average Bonchev–Trinajstić information content (AvgIpc) is 2.64. The van der Waals surface area contributed by atoms with E-state index in [1.54, 1.807) is 0 Å². The summed E-state index contributed by atoms with van der Waals surface area (Å²) < 4.78 is 39.9. The maximum Gasteiger partial charge on any atom is 0.194 e. The fourth-order valence-electron chi connectivity index (χ4n) is 3.95. The molecule has 134 valence electrons. The highest BCUT2D eigenvalue weighted by atomic mass is 19.2. The number of hydrogen-bond acceptors (Lipinski definition) is 0. The minimum atomic E-state index is -1.42. The van der Waals surface area contributed by atoms with Gasteiger partial charge in [-0.2, -0.15) is 0 Å². The van der Waals surface area contributed by atoms with Crippen molar-refractivity contribution in [2.45, 2.75) is 57.8 Å². The Morgan fingerprint density at radius 2 is 1.44 bits per heavy atom. The zero-order valence-electron chi connectivity index (χ0n) is 14.7. The number of benzene rings is 2. The lowest BCUT2D eigenvalue weighted by Gasteiger charge is -2.29. The molecule has 0 saturated heterocycles. The molecular weight excluding hydrogens is 321 g/mol. The molecule has 1 aliphatic carbocycles. The Hall–Kier alpha value is -1.77. The van der Waals surface area contributed by atoms with Crippen LogP contribution in [0.4, 0.5) is 13.2 Å². The van der Waals surface area contributed by atoms with Crippen LogP contribution in [0.5, 0.6) is 0 Å². The standard InChI is InChI=1S/C22H25F3/c1-2-3-4-15-5-7-16(8-6-15)17-9-11-18(12-10-17)19-13-20(23)22(25)21(24)14-19/h9-16H,2-8H2,1H3. The molecule has 0 nitrogen and oxygen atoms in total. The Morgan fingerprint density at radius 1 is 0.840 bits per heavy atom. The van der Waals surface area contributed by atoms with Crippen molar-refractivity contribution in [3.05, 3.63) is 59.4 Å². The maximum atomic E-state index is 13.4. The van der Waals surface area contributed by atoms with E-state index in [-0.39, 0.29) is 0 Å². The molecule has 0 aromatic heterocycles. The van der Waals surface area contributed by atoms with Gasteiger partial charge in [0.15, 0.2) is 17.5 Å². The highest BCUT2D eigenvalue weighted by Gasteiger charge is 2.22. The number of hydrogen-bond donors (Lipinski definition) is 0.